The van der Waals surface area contributed by atoms with E-state index >= 15 is 0 Å². The van der Waals surface area contributed by atoms with Gasteiger partial charge in [-0.05, 0) is 31.5 Å². The second-order valence-electron chi connectivity index (χ2n) is 5.91. The van der Waals surface area contributed by atoms with Gasteiger partial charge in [0.15, 0.2) is 5.82 Å². The number of nitrogens with one attached hydrogen (secondary N) is 1. The summed E-state index contributed by atoms with van der Waals surface area (Å²) in [4.78, 5) is 31.2. The molecule has 0 radical (unpaired) electrons. The lowest BCUT2D eigenvalue weighted by Crippen LogP contribution is -2.58. The van der Waals surface area contributed by atoms with Crippen molar-refractivity contribution in [3.8, 4) is 0 Å². The van der Waals surface area contributed by atoms with Crippen molar-refractivity contribution in [3.63, 3.8) is 0 Å². The van der Waals surface area contributed by atoms with Gasteiger partial charge in [-0.3, -0.25) is 14.7 Å². The Balaban J connectivity index is 1.77. The van der Waals surface area contributed by atoms with Crippen molar-refractivity contribution in [2.75, 3.05) is 29.5 Å². The maximum atomic E-state index is 12.9. The molecule has 0 fully saturated rings. The molecule has 0 saturated carbocycles. The monoisotopic (exact) mass is 353 g/mol. The topological polar surface area (TPSA) is 68.8 Å². The second-order valence-corrected chi connectivity index (χ2v) is 5.91. The third-order valence-electron chi connectivity index (χ3n) is 4.28. The van der Waals surface area contributed by atoms with Gasteiger partial charge in [-0.2, -0.15) is 0 Å². The number of benzene rings is 1. The van der Waals surface area contributed by atoms with Crippen LogP contribution in [0.2, 0.25) is 0 Å². The number of hydrazine groups is 1. The average molecular weight is 353 g/mol. The molecule has 2 heterocycles. The molecule has 1 aliphatic rings. The number of hydrogen-bond acceptors (Lipinski definition) is 4. The third-order valence-corrected chi connectivity index (χ3v) is 4.28. The molecule has 1 N–H and O–H groups in total. The van der Waals surface area contributed by atoms with E-state index in [1.165, 1.54) is 4.90 Å². The highest BCUT2D eigenvalue weighted by Gasteiger charge is 2.35. The first-order valence-electron chi connectivity index (χ1n) is 8.77. The lowest BCUT2D eigenvalue weighted by atomic mass is 10.2. The lowest BCUT2D eigenvalue weighted by molar-refractivity contribution is -0.119. The average Bonchev–Trinajstić information content (AvgIpc) is 2.68. The fraction of sp³-hybridized carbons (Fsp3) is 0.316. The fourth-order valence-corrected chi connectivity index (χ4v) is 3.03. The zero-order chi connectivity index (χ0) is 18.5. The van der Waals surface area contributed by atoms with E-state index in [0.717, 1.165) is 5.56 Å². The number of pyridine rings is 1. The van der Waals surface area contributed by atoms with Crippen molar-refractivity contribution < 1.29 is 9.59 Å². The van der Waals surface area contributed by atoms with Gasteiger partial charge in [0, 0.05) is 25.8 Å². The molecule has 0 aliphatic carbocycles. The van der Waals surface area contributed by atoms with Gasteiger partial charge in [-0.25, -0.2) is 14.8 Å². The van der Waals surface area contributed by atoms with Gasteiger partial charge in [-0.1, -0.05) is 30.3 Å². The lowest BCUT2D eigenvalue weighted by Gasteiger charge is -2.43. The van der Waals surface area contributed by atoms with E-state index in [2.05, 4.69) is 10.3 Å². The molecular formula is C19H23N5O2. The predicted octanol–water partition coefficient (Wildman–Crippen LogP) is 2.40. The van der Waals surface area contributed by atoms with Crippen LogP contribution in [-0.2, 0) is 11.3 Å². The molecule has 3 rings (SSSR count). The first-order valence-corrected chi connectivity index (χ1v) is 8.77. The van der Waals surface area contributed by atoms with Gasteiger partial charge in [0.25, 0.3) is 0 Å². The van der Waals surface area contributed by atoms with Crippen molar-refractivity contribution in [2.24, 2.45) is 0 Å². The van der Waals surface area contributed by atoms with Crippen molar-refractivity contribution in [1.82, 2.24) is 15.3 Å². The van der Waals surface area contributed by atoms with E-state index in [1.54, 1.807) is 17.3 Å². The summed E-state index contributed by atoms with van der Waals surface area (Å²) in [5, 5.41) is 6.32. The van der Waals surface area contributed by atoms with Crippen molar-refractivity contribution >= 4 is 23.4 Å². The van der Waals surface area contributed by atoms with Crippen LogP contribution >= 0.6 is 0 Å². The van der Waals surface area contributed by atoms with Crippen molar-refractivity contribution in [1.29, 1.82) is 0 Å². The van der Waals surface area contributed by atoms with Crippen molar-refractivity contribution in [2.45, 2.75) is 20.4 Å². The van der Waals surface area contributed by atoms with Crippen LogP contribution in [0.15, 0.2) is 48.7 Å². The van der Waals surface area contributed by atoms with Crippen LogP contribution in [0.1, 0.15) is 19.4 Å². The maximum absolute atomic E-state index is 12.9. The highest BCUT2D eigenvalue weighted by molar-refractivity contribution is 6.03. The van der Waals surface area contributed by atoms with Gasteiger partial charge in [0.05, 0.1) is 5.69 Å². The number of rotatable bonds is 6. The SMILES string of the molecule is CCN1C(=O)N(CC(=O)NCc2ccccc2)c2cccnc2N1CC. The number of urea groups is 1. The first-order chi connectivity index (χ1) is 12.7. The summed E-state index contributed by atoms with van der Waals surface area (Å²) in [6.45, 7) is 5.39. The maximum Gasteiger partial charge on any atom is 0.343 e. The minimum Gasteiger partial charge on any atom is -0.350 e. The Hall–Kier alpha value is -3.09. The number of carbonyl (C=O) groups excluding carboxylic acids is 2. The quantitative estimate of drug-likeness (QED) is 0.866. The minimum atomic E-state index is -0.218. The molecule has 1 aromatic carbocycles. The minimum absolute atomic E-state index is 0.0432. The van der Waals surface area contributed by atoms with Gasteiger partial charge >= 0.3 is 6.03 Å². The smallest absolute Gasteiger partial charge is 0.343 e. The van der Waals surface area contributed by atoms with Crippen LogP contribution in [0.4, 0.5) is 16.3 Å². The van der Waals surface area contributed by atoms with E-state index in [-0.39, 0.29) is 18.5 Å². The molecule has 7 heteroatoms. The molecular weight excluding hydrogens is 330 g/mol. The molecule has 0 unspecified atom stereocenters. The molecule has 1 aliphatic heterocycles. The van der Waals surface area contributed by atoms with E-state index in [9.17, 15) is 9.59 Å². The van der Waals surface area contributed by atoms with E-state index in [0.29, 0.717) is 31.1 Å². The Labute approximate surface area is 153 Å². The normalized spacial score (nSPS) is 13.6. The molecule has 26 heavy (non-hydrogen) atoms. The zero-order valence-electron chi connectivity index (χ0n) is 15.1. The Morgan fingerprint density at radius 1 is 1.04 bits per heavy atom. The highest BCUT2D eigenvalue weighted by atomic mass is 16.2. The van der Waals surface area contributed by atoms with Crippen LogP contribution in [0, 0.1) is 0 Å². The number of amides is 3. The van der Waals surface area contributed by atoms with Gasteiger partial charge in [0.1, 0.15) is 6.54 Å². The summed E-state index contributed by atoms with van der Waals surface area (Å²) < 4.78 is 0. The second kappa shape index (κ2) is 7.86. The third kappa shape index (κ3) is 3.46. The van der Waals surface area contributed by atoms with Crippen LogP contribution in [0.5, 0.6) is 0 Å². The summed E-state index contributed by atoms with van der Waals surface area (Å²) in [6.07, 6.45) is 1.69. The molecule has 1 aromatic heterocycles. The van der Waals surface area contributed by atoms with Gasteiger partial charge in [-0.15, -0.1) is 0 Å². The molecule has 0 atom stereocenters. The predicted molar refractivity (Wildman–Crippen MR) is 101 cm³/mol. The van der Waals surface area contributed by atoms with Gasteiger partial charge in [0.2, 0.25) is 5.91 Å². The Bertz CT molecular complexity index is 781. The molecule has 0 bridgehead atoms. The molecule has 136 valence electrons. The fourth-order valence-electron chi connectivity index (χ4n) is 3.03. The summed E-state index contributed by atoms with van der Waals surface area (Å²) in [7, 11) is 0. The summed E-state index contributed by atoms with van der Waals surface area (Å²) >= 11 is 0. The number of fused-ring (bicyclic) bond motifs is 1. The molecule has 2 aromatic rings. The Morgan fingerprint density at radius 3 is 2.46 bits per heavy atom. The molecule has 0 saturated heterocycles. The van der Waals surface area contributed by atoms with Gasteiger partial charge < -0.3 is 5.32 Å². The molecule has 7 nitrogen and oxygen atoms in total. The van der Waals surface area contributed by atoms with Crippen LogP contribution < -0.4 is 15.2 Å². The van der Waals surface area contributed by atoms with E-state index < -0.39 is 0 Å². The zero-order valence-corrected chi connectivity index (χ0v) is 15.1. The van der Waals surface area contributed by atoms with E-state index in [4.69, 9.17) is 0 Å². The van der Waals surface area contributed by atoms with Crippen LogP contribution in [-0.4, -0.2) is 41.6 Å². The van der Waals surface area contributed by atoms with Crippen LogP contribution in [0.25, 0.3) is 0 Å². The van der Waals surface area contributed by atoms with E-state index in [1.807, 2.05) is 55.3 Å². The molecule has 0 spiro atoms. The Kier molecular flexibility index (Phi) is 5.36. The van der Waals surface area contributed by atoms with Crippen molar-refractivity contribution in [3.05, 3.63) is 54.2 Å². The number of hydrogen-bond donors (Lipinski definition) is 1. The number of carbonyl (C=O) groups is 2. The largest absolute Gasteiger partial charge is 0.350 e. The number of nitrogens with zero attached hydrogens (tertiary/aromatic N) is 4. The van der Waals surface area contributed by atoms with Crippen LogP contribution in [0.3, 0.4) is 0 Å². The summed E-state index contributed by atoms with van der Waals surface area (Å²) in [5.74, 6) is 0.477. The summed E-state index contributed by atoms with van der Waals surface area (Å²) in [6, 6.07) is 13.1. The Morgan fingerprint density at radius 2 is 1.77 bits per heavy atom. The highest BCUT2D eigenvalue weighted by Crippen LogP contribution is 2.33. The number of aromatic nitrogens is 1. The summed E-state index contributed by atoms with van der Waals surface area (Å²) in [5.41, 5.74) is 1.67. The molecule has 3 amide bonds. The first kappa shape index (κ1) is 17.7. The standard InChI is InChI=1S/C19H23N5O2/c1-3-23-18-16(11-8-12-20-18)22(19(26)24(23)4-2)14-17(25)21-13-15-9-6-5-7-10-15/h5-12H,3-4,13-14H2,1-2H3,(H,21,25). The number of anilines is 2.